The molecule has 0 aliphatic rings. The molecular weight excluding hydrogens is 228 g/mol. The van der Waals surface area contributed by atoms with Gasteiger partial charge in [-0.25, -0.2) is 0 Å². The highest BCUT2D eigenvalue weighted by Crippen LogP contribution is 2.25. The fraction of sp³-hybridized carbons (Fsp3) is 0.357. The van der Waals surface area contributed by atoms with Crippen LogP contribution < -0.4 is 9.47 Å². The molecule has 96 valence electrons. The van der Waals surface area contributed by atoms with E-state index >= 15 is 0 Å². The van der Waals surface area contributed by atoms with Crippen molar-refractivity contribution in [2.24, 2.45) is 0 Å². The fourth-order valence-electron chi connectivity index (χ4n) is 1.88. The molecule has 1 heterocycles. The summed E-state index contributed by atoms with van der Waals surface area (Å²) in [4.78, 5) is 0. The van der Waals surface area contributed by atoms with E-state index in [4.69, 9.17) is 9.47 Å². The van der Waals surface area contributed by atoms with Gasteiger partial charge in [-0.05, 0) is 32.0 Å². The minimum atomic E-state index is 0.572. The van der Waals surface area contributed by atoms with Crippen molar-refractivity contribution in [1.82, 2.24) is 9.78 Å². The molecule has 0 aliphatic heterocycles. The standard InChI is InChI=1S/C14H18N2O2/c1-11-10-12(2)16(15-11)8-9-18-14-7-5-4-6-13(14)17-3/h4-7,10H,8-9H2,1-3H3. The molecule has 2 rings (SSSR count). The lowest BCUT2D eigenvalue weighted by Crippen LogP contribution is -2.11. The van der Waals surface area contributed by atoms with E-state index in [2.05, 4.69) is 11.2 Å². The Morgan fingerprint density at radius 2 is 1.89 bits per heavy atom. The van der Waals surface area contributed by atoms with Gasteiger partial charge < -0.3 is 9.47 Å². The monoisotopic (exact) mass is 246 g/mol. The topological polar surface area (TPSA) is 36.3 Å². The highest BCUT2D eigenvalue weighted by atomic mass is 16.5. The van der Waals surface area contributed by atoms with Gasteiger partial charge in [0.25, 0.3) is 0 Å². The minimum Gasteiger partial charge on any atom is -0.493 e. The molecule has 4 heteroatoms. The number of hydrogen-bond acceptors (Lipinski definition) is 3. The van der Waals surface area contributed by atoms with Crippen molar-refractivity contribution in [3.05, 3.63) is 41.7 Å². The first-order valence-electron chi connectivity index (χ1n) is 5.97. The molecule has 1 aromatic heterocycles. The number of ether oxygens (including phenoxy) is 2. The van der Waals surface area contributed by atoms with Crippen LogP contribution in [0.5, 0.6) is 11.5 Å². The van der Waals surface area contributed by atoms with Crippen LogP contribution >= 0.6 is 0 Å². The smallest absolute Gasteiger partial charge is 0.161 e. The molecule has 0 saturated carbocycles. The molecule has 0 spiro atoms. The Balaban J connectivity index is 1.94. The third kappa shape index (κ3) is 2.83. The van der Waals surface area contributed by atoms with Gasteiger partial charge in [-0.15, -0.1) is 0 Å². The number of aryl methyl sites for hydroxylation is 2. The maximum absolute atomic E-state index is 5.71. The van der Waals surface area contributed by atoms with Gasteiger partial charge in [-0.2, -0.15) is 5.10 Å². The Morgan fingerprint density at radius 1 is 1.17 bits per heavy atom. The highest BCUT2D eigenvalue weighted by molar-refractivity contribution is 5.39. The van der Waals surface area contributed by atoms with E-state index in [9.17, 15) is 0 Å². The summed E-state index contributed by atoms with van der Waals surface area (Å²) in [7, 11) is 1.64. The predicted molar refractivity (Wildman–Crippen MR) is 70.2 cm³/mol. The first-order chi connectivity index (χ1) is 8.70. The van der Waals surface area contributed by atoms with E-state index in [0.29, 0.717) is 6.61 Å². The fourth-order valence-corrected chi connectivity index (χ4v) is 1.88. The number of rotatable bonds is 5. The van der Waals surface area contributed by atoms with Crippen LogP contribution in [0.15, 0.2) is 30.3 Å². The molecule has 18 heavy (non-hydrogen) atoms. The molecule has 0 bridgehead atoms. The zero-order chi connectivity index (χ0) is 13.0. The second-order valence-electron chi connectivity index (χ2n) is 4.15. The van der Waals surface area contributed by atoms with Crippen LogP contribution in [0.25, 0.3) is 0 Å². The molecule has 0 N–H and O–H groups in total. The summed E-state index contributed by atoms with van der Waals surface area (Å²) >= 11 is 0. The molecule has 4 nitrogen and oxygen atoms in total. The third-order valence-corrected chi connectivity index (χ3v) is 2.73. The largest absolute Gasteiger partial charge is 0.493 e. The van der Waals surface area contributed by atoms with Gasteiger partial charge in [0.1, 0.15) is 6.61 Å². The molecule has 0 atom stereocenters. The highest BCUT2D eigenvalue weighted by Gasteiger charge is 2.04. The van der Waals surface area contributed by atoms with Crippen LogP contribution in [0.2, 0.25) is 0 Å². The summed E-state index contributed by atoms with van der Waals surface area (Å²) in [6, 6.07) is 9.70. The van der Waals surface area contributed by atoms with Gasteiger partial charge in [0.05, 0.1) is 19.3 Å². The Hall–Kier alpha value is -1.97. The molecule has 2 aromatic rings. The molecular formula is C14H18N2O2. The lowest BCUT2D eigenvalue weighted by Gasteiger charge is -2.10. The van der Waals surface area contributed by atoms with E-state index in [1.165, 1.54) is 0 Å². The first-order valence-corrected chi connectivity index (χ1v) is 5.97. The van der Waals surface area contributed by atoms with Gasteiger partial charge in [0.2, 0.25) is 0 Å². The number of aromatic nitrogens is 2. The number of nitrogens with zero attached hydrogens (tertiary/aromatic N) is 2. The second-order valence-corrected chi connectivity index (χ2v) is 4.15. The zero-order valence-electron chi connectivity index (χ0n) is 11.0. The summed E-state index contributed by atoms with van der Waals surface area (Å²) in [5, 5.41) is 4.39. The Morgan fingerprint density at radius 3 is 2.50 bits per heavy atom. The van der Waals surface area contributed by atoms with E-state index < -0.39 is 0 Å². The van der Waals surface area contributed by atoms with Crippen LogP contribution in [-0.4, -0.2) is 23.5 Å². The second kappa shape index (κ2) is 5.58. The van der Waals surface area contributed by atoms with Gasteiger partial charge in [0.15, 0.2) is 11.5 Å². The number of benzene rings is 1. The van der Waals surface area contributed by atoms with Crippen LogP contribution in [0.1, 0.15) is 11.4 Å². The van der Waals surface area contributed by atoms with E-state index in [-0.39, 0.29) is 0 Å². The molecule has 0 saturated heterocycles. The van der Waals surface area contributed by atoms with Gasteiger partial charge in [0, 0.05) is 5.69 Å². The Labute approximate surface area is 107 Å². The predicted octanol–water partition coefficient (Wildman–Crippen LogP) is 2.59. The Bertz CT molecular complexity index is 520. The van der Waals surface area contributed by atoms with Gasteiger partial charge in [-0.1, -0.05) is 12.1 Å². The van der Waals surface area contributed by atoms with Gasteiger partial charge in [-0.3, -0.25) is 4.68 Å². The van der Waals surface area contributed by atoms with Crippen LogP contribution in [0.4, 0.5) is 0 Å². The minimum absolute atomic E-state index is 0.572. The normalized spacial score (nSPS) is 10.4. The lowest BCUT2D eigenvalue weighted by molar-refractivity contribution is 0.273. The van der Waals surface area contributed by atoms with Crippen LogP contribution in [0.3, 0.4) is 0 Å². The molecule has 0 unspecified atom stereocenters. The van der Waals surface area contributed by atoms with Crippen molar-refractivity contribution in [3.63, 3.8) is 0 Å². The third-order valence-electron chi connectivity index (χ3n) is 2.73. The average Bonchev–Trinajstić information content (AvgIpc) is 2.68. The van der Waals surface area contributed by atoms with Crippen LogP contribution in [-0.2, 0) is 6.54 Å². The van der Waals surface area contributed by atoms with Crippen molar-refractivity contribution in [2.45, 2.75) is 20.4 Å². The quantitative estimate of drug-likeness (QED) is 0.813. The zero-order valence-corrected chi connectivity index (χ0v) is 11.0. The van der Waals surface area contributed by atoms with Crippen molar-refractivity contribution < 1.29 is 9.47 Å². The van der Waals surface area contributed by atoms with Crippen molar-refractivity contribution in [1.29, 1.82) is 0 Å². The van der Waals surface area contributed by atoms with Gasteiger partial charge >= 0.3 is 0 Å². The van der Waals surface area contributed by atoms with Crippen molar-refractivity contribution in [2.75, 3.05) is 13.7 Å². The summed E-state index contributed by atoms with van der Waals surface area (Å²) in [6.45, 7) is 5.34. The maximum Gasteiger partial charge on any atom is 0.161 e. The molecule has 0 fully saturated rings. The average molecular weight is 246 g/mol. The maximum atomic E-state index is 5.71. The van der Waals surface area contributed by atoms with E-state index in [1.54, 1.807) is 7.11 Å². The molecule has 1 aromatic carbocycles. The Kier molecular flexibility index (Phi) is 3.87. The summed E-state index contributed by atoms with van der Waals surface area (Å²) in [5.41, 5.74) is 2.18. The molecule has 0 aliphatic carbocycles. The number of methoxy groups -OCH3 is 1. The summed E-state index contributed by atoms with van der Waals surface area (Å²) < 4.78 is 12.9. The molecule has 0 amide bonds. The van der Waals surface area contributed by atoms with E-state index in [0.717, 1.165) is 29.4 Å². The first kappa shape index (κ1) is 12.5. The SMILES string of the molecule is COc1ccccc1OCCn1nc(C)cc1C. The molecule has 0 radical (unpaired) electrons. The lowest BCUT2D eigenvalue weighted by atomic mass is 10.3. The summed E-state index contributed by atoms with van der Waals surface area (Å²) in [5.74, 6) is 1.52. The van der Waals surface area contributed by atoms with Crippen LogP contribution in [0, 0.1) is 13.8 Å². The number of para-hydroxylation sites is 2. The van der Waals surface area contributed by atoms with Crippen molar-refractivity contribution in [3.8, 4) is 11.5 Å². The summed E-state index contributed by atoms with van der Waals surface area (Å²) in [6.07, 6.45) is 0. The van der Waals surface area contributed by atoms with E-state index in [1.807, 2.05) is 42.8 Å². The van der Waals surface area contributed by atoms with Crippen molar-refractivity contribution >= 4 is 0 Å². The number of hydrogen-bond donors (Lipinski definition) is 0.